The second kappa shape index (κ2) is 5.80. The minimum absolute atomic E-state index is 0.0423. The number of hydrogen-bond acceptors (Lipinski definition) is 5. The van der Waals surface area contributed by atoms with Crippen LogP contribution in [0.5, 0.6) is 0 Å². The Bertz CT molecular complexity index is 743. The van der Waals surface area contributed by atoms with Crippen molar-refractivity contribution in [1.82, 2.24) is 4.98 Å². The molecule has 0 saturated heterocycles. The first kappa shape index (κ1) is 14.8. The fourth-order valence-electron chi connectivity index (χ4n) is 1.70. The average Bonchev–Trinajstić information content (AvgIpc) is 2.54. The second-order valence-electron chi connectivity index (χ2n) is 4.19. The van der Waals surface area contributed by atoms with Crippen molar-refractivity contribution in [2.75, 3.05) is 11.4 Å². The standard InChI is InChI=1S/C13H14N4O3S/c1-17(21(19,20)12-3-2-8-15-9-12)11-6-4-10(5-7-11)13(14)16-18/h2-9,18H,1H3,(H2,14,16). The van der Waals surface area contributed by atoms with Crippen LogP contribution < -0.4 is 10.0 Å². The molecule has 0 spiro atoms. The van der Waals surface area contributed by atoms with Crippen LogP contribution in [0.2, 0.25) is 0 Å². The van der Waals surface area contributed by atoms with Gasteiger partial charge in [0.05, 0.1) is 5.69 Å². The van der Waals surface area contributed by atoms with Crippen LogP contribution in [0.25, 0.3) is 0 Å². The molecule has 2 rings (SSSR count). The van der Waals surface area contributed by atoms with Crippen LogP contribution in [-0.4, -0.2) is 31.5 Å². The fourth-order valence-corrected chi connectivity index (χ4v) is 2.86. The van der Waals surface area contributed by atoms with Crippen molar-refractivity contribution in [2.45, 2.75) is 4.90 Å². The molecule has 0 aliphatic rings. The fraction of sp³-hybridized carbons (Fsp3) is 0.0769. The largest absolute Gasteiger partial charge is 0.409 e. The molecule has 1 aromatic carbocycles. The maximum Gasteiger partial charge on any atom is 0.265 e. The Labute approximate surface area is 122 Å². The lowest BCUT2D eigenvalue weighted by molar-refractivity contribution is 0.318. The van der Waals surface area contributed by atoms with E-state index in [2.05, 4.69) is 10.1 Å². The highest BCUT2D eigenvalue weighted by molar-refractivity contribution is 7.92. The van der Waals surface area contributed by atoms with Gasteiger partial charge >= 0.3 is 0 Å². The molecular weight excluding hydrogens is 292 g/mol. The van der Waals surface area contributed by atoms with Crippen LogP contribution in [0.1, 0.15) is 5.56 Å². The molecule has 0 radical (unpaired) electrons. The van der Waals surface area contributed by atoms with E-state index in [1.165, 1.54) is 25.5 Å². The predicted octanol–water partition coefficient (Wildman–Crippen LogP) is 1.00. The van der Waals surface area contributed by atoms with Gasteiger partial charge in [-0.15, -0.1) is 0 Å². The highest BCUT2D eigenvalue weighted by Gasteiger charge is 2.21. The molecule has 0 fully saturated rings. The van der Waals surface area contributed by atoms with E-state index in [0.717, 1.165) is 4.31 Å². The van der Waals surface area contributed by atoms with E-state index in [1.54, 1.807) is 30.3 Å². The summed E-state index contributed by atoms with van der Waals surface area (Å²) in [5.74, 6) is -0.0423. The molecule has 0 aliphatic heterocycles. The molecule has 7 nitrogen and oxygen atoms in total. The van der Waals surface area contributed by atoms with Gasteiger partial charge in [-0.3, -0.25) is 9.29 Å². The van der Waals surface area contributed by atoms with Crippen LogP contribution in [0.15, 0.2) is 58.8 Å². The van der Waals surface area contributed by atoms with Crippen molar-refractivity contribution in [3.8, 4) is 0 Å². The van der Waals surface area contributed by atoms with E-state index < -0.39 is 10.0 Å². The van der Waals surface area contributed by atoms with E-state index in [9.17, 15) is 8.42 Å². The number of aromatic nitrogens is 1. The summed E-state index contributed by atoms with van der Waals surface area (Å²) in [5, 5.41) is 11.5. The van der Waals surface area contributed by atoms with Gasteiger partial charge in [0, 0.05) is 25.0 Å². The molecule has 0 amide bonds. The van der Waals surface area contributed by atoms with Crippen molar-refractivity contribution in [3.63, 3.8) is 0 Å². The van der Waals surface area contributed by atoms with Crippen LogP contribution in [0, 0.1) is 0 Å². The molecule has 0 atom stereocenters. The van der Waals surface area contributed by atoms with Gasteiger partial charge in [0.15, 0.2) is 5.84 Å². The monoisotopic (exact) mass is 306 g/mol. The molecule has 2 aromatic rings. The number of rotatable bonds is 4. The highest BCUT2D eigenvalue weighted by Crippen LogP contribution is 2.21. The highest BCUT2D eigenvalue weighted by atomic mass is 32.2. The Hall–Kier alpha value is -2.61. The third-order valence-electron chi connectivity index (χ3n) is 2.93. The van der Waals surface area contributed by atoms with Crippen molar-refractivity contribution >= 4 is 21.5 Å². The molecule has 8 heteroatoms. The van der Waals surface area contributed by atoms with Gasteiger partial charge in [0.25, 0.3) is 10.0 Å². The first-order valence-corrected chi connectivity index (χ1v) is 7.37. The van der Waals surface area contributed by atoms with Crippen molar-refractivity contribution < 1.29 is 13.6 Å². The summed E-state index contributed by atoms with van der Waals surface area (Å²) in [6, 6.07) is 9.31. The number of hydrogen-bond donors (Lipinski definition) is 2. The zero-order valence-corrected chi connectivity index (χ0v) is 12.0. The number of nitrogens with two attached hydrogens (primary N) is 1. The number of oxime groups is 1. The molecule has 1 aromatic heterocycles. The summed E-state index contributed by atoms with van der Waals surface area (Å²) in [6.45, 7) is 0. The van der Waals surface area contributed by atoms with Crippen molar-refractivity contribution in [2.24, 2.45) is 10.9 Å². The summed E-state index contributed by atoms with van der Waals surface area (Å²) in [7, 11) is -2.23. The quantitative estimate of drug-likeness (QED) is 0.379. The lowest BCUT2D eigenvalue weighted by atomic mass is 10.2. The molecule has 3 N–H and O–H groups in total. The van der Waals surface area contributed by atoms with Gasteiger partial charge in [-0.1, -0.05) is 5.16 Å². The van der Waals surface area contributed by atoms with E-state index in [0.29, 0.717) is 11.3 Å². The molecular formula is C13H14N4O3S. The van der Waals surface area contributed by atoms with E-state index in [1.807, 2.05) is 0 Å². The number of sulfonamides is 1. The lowest BCUT2D eigenvalue weighted by Crippen LogP contribution is -2.26. The van der Waals surface area contributed by atoms with Crippen LogP contribution >= 0.6 is 0 Å². The molecule has 0 bridgehead atoms. The normalized spacial score (nSPS) is 12.1. The van der Waals surface area contributed by atoms with Crippen molar-refractivity contribution in [3.05, 3.63) is 54.4 Å². The van der Waals surface area contributed by atoms with Gasteiger partial charge in [0.2, 0.25) is 0 Å². The smallest absolute Gasteiger partial charge is 0.265 e. The number of pyridine rings is 1. The number of anilines is 1. The number of nitrogens with zero attached hydrogens (tertiary/aromatic N) is 3. The Balaban J connectivity index is 2.34. The van der Waals surface area contributed by atoms with Crippen LogP contribution in [0.4, 0.5) is 5.69 Å². The van der Waals surface area contributed by atoms with Gasteiger partial charge in [0.1, 0.15) is 4.90 Å². The average molecular weight is 306 g/mol. The van der Waals surface area contributed by atoms with Crippen molar-refractivity contribution in [1.29, 1.82) is 0 Å². The van der Waals surface area contributed by atoms with Crippen LogP contribution in [0.3, 0.4) is 0 Å². The molecule has 0 saturated carbocycles. The summed E-state index contributed by atoms with van der Waals surface area (Å²) < 4.78 is 25.9. The Morgan fingerprint density at radius 2 is 1.95 bits per heavy atom. The second-order valence-corrected chi connectivity index (χ2v) is 6.16. The first-order chi connectivity index (χ1) is 9.96. The zero-order valence-electron chi connectivity index (χ0n) is 11.2. The third kappa shape index (κ3) is 2.95. The minimum Gasteiger partial charge on any atom is -0.409 e. The molecule has 110 valence electrons. The predicted molar refractivity (Wildman–Crippen MR) is 78.8 cm³/mol. The number of amidine groups is 1. The summed E-state index contributed by atoms with van der Waals surface area (Å²) in [5.41, 5.74) is 6.40. The van der Waals surface area contributed by atoms with Gasteiger partial charge in [-0.2, -0.15) is 0 Å². The summed E-state index contributed by atoms with van der Waals surface area (Å²) in [6.07, 6.45) is 2.79. The third-order valence-corrected chi connectivity index (χ3v) is 4.70. The van der Waals surface area contributed by atoms with Gasteiger partial charge in [-0.05, 0) is 36.4 Å². The number of benzene rings is 1. The minimum atomic E-state index is -3.67. The molecule has 1 heterocycles. The Morgan fingerprint density at radius 3 is 2.48 bits per heavy atom. The topological polar surface area (TPSA) is 109 Å². The Kier molecular flexibility index (Phi) is 4.08. The van der Waals surface area contributed by atoms with E-state index in [-0.39, 0.29) is 10.7 Å². The van der Waals surface area contributed by atoms with Crippen LogP contribution in [-0.2, 0) is 10.0 Å². The maximum atomic E-state index is 12.4. The van der Waals surface area contributed by atoms with Gasteiger partial charge < -0.3 is 10.9 Å². The molecule has 0 unspecified atom stereocenters. The van der Waals surface area contributed by atoms with E-state index >= 15 is 0 Å². The maximum absolute atomic E-state index is 12.4. The molecule has 21 heavy (non-hydrogen) atoms. The van der Waals surface area contributed by atoms with E-state index in [4.69, 9.17) is 10.9 Å². The SMILES string of the molecule is CN(c1ccc(C(N)=NO)cc1)S(=O)(=O)c1cccnc1. The van der Waals surface area contributed by atoms with Gasteiger partial charge in [-0.25, -0.2) is 8.42 Å². The first-order valence-electron chi connectivity index (χ1n) is 5.93. The Morgan fingerprint density at radius 1 is 1.29 bits per heavy atom. The zero-order chi connectivity index (χ0) is 15.5. The summed E-state index contributed by atoms with van der Waals surface area (Å²) >= 11 is 0. The molecule has 0 aliphatic carbocycles. The lowest BCUT2D eigenvalue weighted by Gasteiger charge is -2.19. The summed E-state index contributed by atoms with van der Waals surface area (Å²) in [4.78, 5) is 3.91.